The van der Waals surface area contributed by atoms with Crippen molar-refractivity contribution in [3.8, 4) is 10.7 Å². The number of amides is 1. The fourth-order valence-electron chi connectivity index (χ4n) is 2.80. The Morgan fingerprint density at radius 2 is 2.19 bits per heavy atom. The maximum atomic E-state index is 12.4. The Morgan fingerprint density at radius 1 is 1.41 bits per heavy atom. The van der Waals surface area contributed by atoms with Crippen molar-refractivity contribution in [3.63, 3.8) is 0 Å². The van der Waals surface area contributed by atoms with Gasteiger partial charge in [-0.25, -0.2) is 4.79 Å². The number of thioether (sulfide) groups is 1. The van der Waals surface area contributed by atoms with Gasteiger partial charge < -0.3 is 10.1 Å². The van der Waals surface area contributed by atoms with E-state index in [0.29, 0.717) is 12.5 Å². The number of aromatic nitrogens is 3. The van der Waals surface area contributed by atoms with Crippen LogP contribution in [0.25, 0.3) is 10.7 Å². The lowest BCUT2D eigenvalue weighted by atomic mass is 10.0. The van der Waals surface area contributed by atoms with Gasteiger partial charge >= 0.3 is 5.97 Å². The van der Waals surface area contributed by atoms with Crippen molar-refractivity contribution < 1.29 is 14.3 Å². The molecular weight excluding hydrogens is 384 g/mol. The van der Waals surface area contributed by atoms with Gasteiger partial charge in [-0.3, -0.25) is 9.36 Å². The molecule has 1 amide bonds. The monoisotopic (exact) mass is 408 g/mol. The topological polar surface area (TPSA) is 86.1 Å². The van der Waals surface area contributed by atoms with Crippen LogP contribution in [0.15, 0.2) is 22.7 Å². The molecule has 1 atom stereocenters. The van der Waals surface area contributed by atoms with Crippen LogP contribution in [-0.4, -0.2) is 45.5 Å². The predicted molar refractivity (Wildman–Crippen MR) is 106 cm³/mol. The number of rotatable bonds is 9. The van der Waals surface area contributed by atoms with Gasteiger partial charge in [-0.05, 0) is 36.6 Å². The van der Waals surface area contributed by atoms with Gasteiger partial charge in [0.2, 0.25) is 5.91 Å². The molecule has 1 aliphatic rings. The van der Waals surface area contributed by atoms with Crippen LogP contribution in [-0.2, 0) is 14.3 Å². The molecule has 1 fully saturated rings. The molecule has 9 heteroatoms. The number of nitrogens with one attached hydrogen (secondary N) is 1. The van der Waals surface area contributed by atoms with Gasteiger partial charge in [0, 0.05) is 6.04 Å². The van der Waals surface area contributed by atoms with Crippen LogP contribution in [0.3, 0.4) is 0 Å². The fourth-order valence-corrected chi connectivity index (χ4v) is 4.33. The molecule has 0 unspecified atom stereocenters. The third-order valence-electron chi connectivity index (χ3n) is 4.18. The number of methoxy groups -OCH3 is 1. The Hall–Kier alpha value is -1.87. The van der Waals surface area contributed by atoms with E-state index in [9.17, 15) is 9.59 Å². The van der Waals surface area contributed by atoms with E-state index in [2.05, 4.69) is 20.1 Å². The summed E-state index contributed by atoms with van der Waals surface area (Å²) in [5.41, 5.74) is 0. The minimum atomic E-state index is -0.619. The lowest BCUT2D eigenvalue weighted by Crippen LogP contribution is -2.43. The summed E-state index contributed by atoms with van der Waals surface area (Å²) in [6, 6.07) is 3.81. The lowest BCUT2D eigenvalue weighted by molar-refractivity contribution is -0.145. The second-order valence-electron chi connectivity index (χ2n) is 6.95. The Morgan fingerprint density at radius 3 is 2.78 bits per heavy atom. The van der Waals surface area contributed by atoms with Gasteiger partial charge in [0.05, 0.1) is 17.7 Å². The molecule has 146 valence electrons. The Bertz CT molecular complexity index is 785. The third-order valence-corrected chi connectivity index (χ3v) is 5.99. The zero-order valence-corrected chi connectivity index (χ0v) is 17.3. The maximum Gasteiger partial charge on any atom is 0.328 e. The SMILES string of the molecule is COC(=O)[C@@H](CC(C)C)NC(=O)CSc1nnc(-c2cccs2)n1C1CC1. The van der Waals surface area contributed by atoms with E-state index in [0.717, 1.165) is 28.7 Å². The van der Waals surface area contributed by atoms with Crippen LogP contribution in [0.4, 0.5) is 0 Å². The molecule has 27 heavy (non-hydrogen) atoms. The van der Waals surface area contributed by atoms with Crippen molar-refractivity contribution in [3.05, 3.63) is 17.5 Å². The van der Waals surface area contributed by atoms with Crippen molar-refractivity contribution >= 4 is 35.0 Å². The van der Waals surface area contributed by atoms with Gasteiger partial charge in [0.25, 0.3) is 0 Å². The number of thiophene rings is 1. The number of hydrogen-bond acceptors (Lipinski definition) is 7. The Balaban J connectivity index is 1.64. The highest BCUT2D eigenvalue weighted by Crippen LogP contribution is 2.41. The van der Waals surface area contributed by atoms with Crippen LogP contribution < -0.4 is 5.32 Å². The molecule has 1 saturated carbocycles. The van der Waals surface area contributed by atoms with Gasteiger partial charge in [0.1, 0.15) is 6.04 Å². The average Bonchev–Trinajstić information content (AvgIpc) is 3.16. The number of hydrogen-bond donors (Lipinski definition) is 1. The first kappa shape index (κ1) is 19.9. The number of carbonyl (C=O) groups is 2. The van der Waals surface area contributed by atoms with E-state index in [1.54, 1.807) is 11.3 Å². The summed E-state index contributed by atoms with van der Waals surface area (Å²) in [7, 11) is 1.33. The van der Waals surface area contributed by atoms with Crippen LogP contribution in [0.1, 0.15) is 39.2 Å². The first-order chi connectivity index (χ1) is 13.0. The summed E-state index contributed by atoms with van der Waals surface area (Å²) < 4.78 is 6.93. The summed E-state index contributed by atoms with van der Waals surface area (Å²) in [5, 5.41) is 14.2. The number of esters is 1. The molecule has 2 aromatic heterocycles. The first-order valence-electron chi connectivity index (χ1n) is 8.98. The van der Waals surface area contributed by atoms with Crippen molar-refractivity contribution in [2.24, 2.45) is 5.92 Å². The van der Waals surface area contributed by atoms with Crippen LogP contribution >= 0.6 is 23.1 Å². The minimum Gasteiger partial charge on any atom is -0.467 e. The van der Waals surface area contributed by atoms with Crippen molar-refractivity contribution in [2.75, 3.05) is 12.9 Å². The van der Waals surface area contributed by atoms with Gasteiger partial charge in [-0.2, -0.15) is 0 Å². The Labute approximate surface area is 166 Å². The molecular formula is C18H24N4O3S2. The molecule has 1 aliphatic carbocycles. The fraction of sp³-hybridized carbons (Fsp3) is 0.556. The standard InChI is InChI=1S/C18H24N4O3S2/c1-11(2)9-13(17(24)25-3)19-15(23)10-27-18-21-20-16(14-5-4-8-26-14)22(18)12-6-7-12/h4-5,8,11-13H,6-7,9-10H2,1-3H3,(H,19,23)/t13-/m1/s1. The molecule has 2 heterocycles. The highest BCUT2D eigenvalue weighted by molar-refractivity contribution is 7.99. The van der Waals surface area contributed by atoms with Crippen LogP contribution in [0.5, 0.6) is 0 Å². The second-order valence-corrected chi connectivity index (χ2v) is 8.84. The highest BCUT2D eigenvalue weighted by Gasteiger charge is 2.31. The first-order valence-corrected chi connectivity index (χ1v) is 10.8. The predicted octanol–water partition coefficient (Wildman–Crippen LogP) is 3.14. The molecule has 0 saturated heterocycles. The summed E-state index contributed by atoms with van der Waals surface area (Å²) >= 11 is 2.98. The molecule has 0 bridgehead atoms. The van der Waals surface area contributed by atoms with Gasteiger partial charge in [-0.1, -0.05) is 31.7 Å². The van der Waals surface area contributed by atoms with Crippen molar-refractivity contribution in [1.29, 1.82) is 0 Å². The second kappa shape index (κ2) is 8.88. The third kappa shape index (κ3) is 5.10. The van der Waals surface area contributed by atoms with E-state index < -0.39 is 12.0 Å². The summed E-state index contributed by atoms with van der Waals surface area (Å²) in [5.74, 6) is 0.694. The molecule has 0 aliphatic heterocycles. The largest absolute Gasteiger partial charge is 0.467 e. The summed E-state index contributed by atoms with van der Waals surface area (Å²) in [6.45, 7) is 4.00. The zero-order chi connectivity index (χ0) is 19.4. The van der Waals surface area contributed by atoms with E-state index in [1.807, 2.05) is 31.4 Å². The average molecular weight is 409 g/mol. The normalized spacial score (nSPS) is 15.0. The zero-order valence-electron chi connectivity index (χ0n) is 15.7. The van der Waals surface area contributed by atoms with Crippen LogP contribution in [0, 0.1) is 5.92 Å². The molecule has 2 aromatic rings. The molecule has 0 radical (unpaired) electrons. The van der Waals surface area contributed by atoms with Crippen molar-refractivity contribution in [2.45, 2.75) is 50.4 Å². The molecule has 0 aromatic carbocycles. The lowest BCUT2D eigenvalue weighted by Gasteiger charge is -2.18. The Kier molecular flexibility index (Phi) is 6.54. The highest BCUT2D eigenvalue weighted by atomic mass is 32.2. The summed E-state index contributed by atoms with van der Waals surface area (Å²) in [4.78, 5) is 25.3. The van der Waals surface area contributed by atoms with E-state index in [4.69, 9.17) is 4.74 Å². The molecule has 1 N–H and O–H groups in total. The molecule has 3 rings (SSSR count). The molecule has 0 spiro atoms. The minimum absolute atomic E-state index is 0.181. The molecule has 7 nitrogen and oxygen atoms in total. The van der Waals surface area contributed by atoms with E-state index in [-0.39, 0.29) is 17.6 Å². The van der Waals surface area contributed by atoms with Gasteiger partial charge in [0.15, 0.2) is 11.0 Å². The smallest absolute Gasteiger partial charge is 0.328 e. The van der Waals surface area contributed by atoms with Crippen molar-refractivity contribution in [1.82, 2.24) is 20.1 Å². The quantitative estimate of drug-likeness (QED) is 0.507. The number of nitrogens with zero attached hydrogens (tertiary/aromatic N) is 3. The summed E-state index contributed by atoms with van der Waals surface area (Å²) in [6.07, 6.45) is 2.76. The van der Waals surface area contributed by atoms with Gasteiger partial charge in [-0.15, -0.1) is 21.5 Å². The number of carbonyl (C=O) groups excluding carboxylic acids is 2. The maximum absolute atomic E-state index is 12.4. The van der Waals surface area contributed by atoms with Crippen LogP contribution in [0.2, 0.25) is 0 Å². The van der Waals surface area contributed by atoms with E-state index in [1.165, 1.54) is 18.9 Å². The number of ether oxygens (including phenoxy) is 1. The van der Waals surface area contributed by atoms with E-state index >= 15 is 0 Å².